The third kappa shape index (κ3) is 3.56. The Kier molecular flexibility index (Phi) is 4.75. The van der Waals surface area contributed by atoms with Gasteiger partial charge in [0.05, 0.1) is 11.5 Å². The first-order chi connectivity index (χ1) is 9.60. The number of ether oxygens (including phenoxy) is 1. The SMILES string of the molecule is CCCOc1cc(NCC2(SC)CC2)ccc1[N+](=O)[O-]. The van der Waals surface area contributed by atoms with Gasteiger partial charge >= 0.3 is 5.69 Å². The molecule has 0 unspecified atom stereocenters. The van der Waals surface area contributed by atoms with Crippen LogP contribution in [0.15, 0.2) is 18.2 Å². The van der Waals surface area contributed by atoms with Crippen molar-refractivity contribution in [3.63, 3.8) is 0 Å². The summed E-state index contributed by atoms with van der Waals surface area (Å²) >= 11 is 1.88. The number of benzene rings is 1. The van der Waals surface area contributed by atoms with Gasteiger partial charge in [-0.15, -0.1) is 0 Å². The summed E-state index contributed by atoms with van der Waals surface area (Å²) in [5.41, 5.74) is 0.900. The fourth-order valence-electron chi connectivity index (χ4n) is 1.96. The first kappa shape index (κ1) is 15.0. The lowest BCUT2D eigenvalue weighted by atomic mass is 10.2. The van der Waals surface area contributed by atoms with Crippen LogP contribution in [0, 0.1) is 10.1 Å². The highest BCUT2D eigenvalue weighted by atomic mass is 32.2. The fraction of sp³-hybridized carbons (Fsp3) is 0.571. The van der Waals surface area contributed by atoms with E-state index in [9.17, 15) is 10.1 Å². The predicted octanol–water partition coefficient (Wildman–Crippen LogP) is 3.69. The van der Waals surface area contributed by atoms with Gasteiger partial charge in [0.25, 0.3) is 0 Å². The van der Waals surface area contributed by atoms with Gasteiger partial charge in [0, 0.05) is 29.1 Å². The van der Waals surface area contributed by atoms with Crippen LogP contribution >= 0.6 is 11.8 Å². The van der Waals surface area contributed by atoms with Gasteiger partial charge in [-0.3, -0.25) is 10.1 Å². The first-order valence-electron chi connectivity index (χ1n) is 6.80. The average Bonchev–Trinajstić information content (AvgIpc) is 3.23. The molecule has 1 aliphatic rings. The second-order valence-electron chi connectivity index (χ2n) is 5.03. The van der Waals surface area contributed by atoms with E-state index in [1.807, 2.05) is 18.7 Å². The van der Waals surface area contributed by atoms with Crippen molar-refractivity contribution in [2.75, 3.05) is 24.7 Å². The molecule has 0 saturated heterocycles. The quantitative estimate of drug-likeness (QED) is 0.585. The average molecular weight is 296 g/mol. The number of anilines is 1. The maximum Gasteiger partial charge on any atom is 0.311 e. The maximum atomic E-state index is 11.0. The Labute approximate surface area is 123 Å². The summed E-state index contributed by atoms with van der Waals surface area (Å²) in [6.45, 7) is 3.35. The summed E-state index contributed by atoms with van der Waals surface area (Å²) in [5.74, 6) is 0.343. The van der Waals surface area contributed by atoms with E-state index in [4.69, 9.17) is 4.74 Å². The number of nitrogens with one attached hydrogen (secondary N) is 1. The minimum absolute atomic E-state index is 0.0231. The lowest BCUT2D eigenvalue weighted by Gasteiger charge is -2.15. The highest BCUT2D eigenvalue weighted by molar-refractivity contribution is 8.00. The molecule has 1 aromatic rings. The minimum atomic E-state index is -0.404. The molecule has 1 saturated carbocycles. The molecule has 110 valence electrons. The van der Waals surface area contributed by atoms with Crippen LogP contribution in [0.5, 0.6) is 5.75 Å². The van der Waals surface area contributed by atoms with Gasteiger partial charge in [0.2, 0.25) is 0 Å². The summed E-state index contributed by atoms with van der Waals surface area (Å²) < 4.78 is 5.83. The molecular weight excluding hydrogens is 276 g/mol. The monoisotopic (exact) mass is 296 g/mol. The van der Waals surface area contributed by atoms with Crippen molar-refractivity contribution in [3.8, 4) is 5.75 Å². The Balaban J connectivity index is 2.07. The maximum absolute atomic E-state index is 11.0. The second-order valence-corrected chi connectivity index (χ2v) is 6.30. The number of nitrogens with zero attached hydrogens (tertiary/aromatic N) is 1. The van der Waals surface area contributed by atoms with Crippen LogP contribution in [0.25, 0.3) is 0 Å². The molecule has 0 heterocycles. The molecule has 1 N–H and O–H groups in total. The van der Waals surface area contributed by atoms with E-state index < -0.39 is 4.92 Å². The van der Waals surface area contributed by atoms with E-state index in [0.717, 1.165) is 18.7 Å². The summed E-state index contributed by atoms with van der Waals surface area (Å²) in [6, 6.07) is 4.98. The van der Waals surface area contributed by atoms with Gasteiger partial charge in [0.15, 0.2) is 5.75 Å². The third-order valence-electron chi connectivity index (χ3n) is 3.47. The zero-order valence-electron chi connectivity index (χ0n) is 11.8. The van der Waals surface area contributed by atoms with Crippen LogP contribution in [-0.4, -0.2) is 29.1 Å². The number of rotatable bonds is 8. The minimum Gasteiger partial charge on any atom is -0.487 e. The first-order valence-corrected chi connectivity index (χ1v) is 8.03. The van der Waals surface area contributed by atoms with E-state index in [-0.39, 0.29) is 5.69 Å². The second kappa shape index (κ2) is 6.35. The molecule has 0 aromatic heterocycles. The zero-order valence-corrected chi connectivity index (χ0v) is 12.7. The molecule has 1 aliphatic carbocycles. The van der Waals surface area contributed by atoms with Crippen molar-refractivity contribution in [1.29, 1.82) is 0 Å². The topological polar surface area (TPSA) is 64.4 Å². The smallest absolute Gasteiger partial charge is 0.311 e. The summed E-state index contributed by atoms with van der Waals surface area (Å²) in [6.07, 6.45) is 5.41. The van der Waals surface area contributed by atoms with Crippen molar-refractivity contribution in [2.45, 2.75) is 30.9 Å². The Morgan fingerprint density at radius 1 is 1.50 bits per heavy atom. The lowest BCUT2D eigenvalue weighted by Crippen LogP contribution is -2.17. The predicted molar refractivity (Wildman–Crippen MR) is 82.9 cm³/mol. The molecule has 0 spiro atoms. The van der Waals surface area contributed by atoms with E-state index in [1.165, 1.54) is 18.9 Å². The van der Waals surface area contributed by atoms with Crippen molar-refractivity contribution in [1.82, 2.24) is 0 Å². The largest absolute Gasteiger partial charge is 0.487 e. The van der Waals surface area contributed by atoms with Gasteiger partial charge in [-0.25, -0.2) is 0 Å². The number of thioether (sulfide) groups is 1. The number of nitro benzene ring substituents is 1. The molecule has 0 aliphatic heterocycles. The van der Waals surface area contributed by atoms with E-state index in [0.29, 0.717) is 17.1 Å². The number of nitro groups is 1. The van der Waals surface area contributed by atoms with Gasteiger partial charge < -0.3 is 10.1 Å². The summed E-state index contributed by atoms with van der Waals surface area (Å²) in [4.78, 5) is 10.6. The molecule has 5 nitrogen and oxygen atoms in total. The normalized spacial score (nSPS) is 15.7. The van der Waals surface area contributed by atoms with Gasteiger partial charge in [0.1, 0.15) is 0 Å². The van der Waals surface area contributed by atoms with Crippen LogP contribution in [-0.2, 0) is 0 Å². The van der Waals surface area contributed by atoms with Crippen molar-refractivity contribution in [3.05, 3.63) is 28.3 Å². The Bertz CT molecular complexity index is 489. The lowest BCUT2D eigenvalue weighted by molar-refractivity contribution is -0.385. The van der Waals surface area contributed by atoms with E-state index in [1.54, 1.807) is 12.1 Å². The van der Waals surface area contributed by atoms with Crippen LogP contribution in [0.3, 0.4) is 0 Å². The summed E-state index contributed by atoms with van der Waals surface area (Å²) in [7, 11) is 0. The molecule has 0 atom stereocenters. The molecule has 0 bridgehead atoms. The standard InChI is InChI=1S/C14H20N2O3S/c1-3-8-19-13-9-11(4-5-12(13)16(17)18)15-10-14(20-2)6-7-14/h4-5,9,15H,3,6-8,10H2,1-2H3. The Hall–Kier alpha value is -1.43. The molecule has 1 aromatic carbocycles. The zero-order chi connectivity index (χ0) is 14.6. The van der Waals surface area contributed by atoms with Gasteiger partial charge in [-0.1, -0.05) is 6.92 Å². The van der Waals surface area contributed by atoms with E-state index in [2.05, 4.69) is 11.6 Å². The molecule has 6 heteroatoms. The van der Waals surface area contributed by atoms with Crippen LogP contribution in [0.1, 0.15) is 26.2 Å². The van der Waals surface area contributed by atoms with Crippen LogP contribution in [0.4, 0.5) is 11.4 Å². The number of hydrogen-bond donors (Lipinski definition) is 1. The molecule has 2 rings (SSSR count). The van der Waals surface area contributed by atoms with Crippen molar-refractivity contribution in [2.24, 2.45) is 0 Å². The molecule has 0 radical (unpaired) electrons. The molecule has 20 heavy (non-hydrogen) atoms. The van der Waals surface area contributed by atoms with Gasteiger partial charge in [-0.2, -0.15) is 11.8 Å². The van der Waals surface area contributed by atoms with Crippen LogP contribution < -0.4 is 10.1 Å². The molecular formula is C14H20N2O3S. The van der Waals surface area contributed by atoms with Crippen LogP contribution in [0.2, 0.25) is 0 Å². The van der Waals surface area contributed by atoms with Gasteiger partial charge in [-0.05, 0) is 31.6 Å². The molecule has 1 fully saturated rings. The van der Waals surface area contributed by atoms with Crippen molar-refractivity contribution >= 4 is 23.1 Å². The van der Waals surface area contributed by atoms with Crippen molar-refractivity contribution < 1.29 is 9.66 Å². The highest BCUT2D eigenvalue weighted by Gasteiger charge is 2.41. The number of hydrogen-bond acceptors (Lipinski definition) is 5. The highest BCUT2D eigenvalue weighted by Crippen LogP contribution is 2.47. The van der Waals surface area contributed by atoms with E-state index >= 15 is 0 Å². The fourth-order valence-corrected chi connectivity index (χ4v) is 2.69. The Morgan fingerprint density at radius 2 is 2.25 bits per heavy atom. The Morgan fingerprint density at radius 3 is 2.80 bits per heavy atom. The third-order valence-corrected chi connectivity index (χ3v) is 4.89. The summed E-state index contributed by atoms with van der Waals surface area (Å²) in [5, 5.41) is 14.3. The molecule has 0 amide bonds.